The van der Waals surface area contributed by atoms with E-state index in [2.05, 4.69) is 19.2 Å². The molecule has 1 unspecified atom stereocenters. The zero-order valence-electron chi connectivity index (χ0n) is 20.0. The van der Waals surface area contributed by atoms with Crippen LogP contribution >= 0.6 is 0 Å². The predicted octanol–water partition coefficient (Wildman–Crippen LogP) is 3.59. The number of hydrogen-bond acceptors (Lipinski definition) is 5. The average Bonchev–Trinajstić information content (AvgIpc) is 2.62. The minimum absolute atomic E-state index is 0.0250. The molecular formula is C23H45N2O5+. The average molecular weight is 430 g/mol. The molecule has 0 aliphatic heterocycles. The summed E-state index contributed by atoms with van der Waals surface area (Å²) < 4.78 is 11.0. The molecule has 1 atom stereocenters. The second-order valence-corrected chi connectivity index (χ2v) is 9.04. The highest BCUT2D eigenvalue weighted by molar-refractivity contribution is 5.80. The first-order valence-corrected chi connectivity index (χ1v) is 11.6. The molecule has 1 N–H and O–H groups in total. The Morgan fingerprint density at radius 1 is 0.733 bits per heavy atom. The third-order valence-corrected chi connectivity index (χ3v) is 4.58. The molecule has 176 valence electrons. The number of carbonyl (C=O) groups is 3. The van der Waals surface area contributed by atoms with Gasteiger partial charge in [0.25, 0.3) is 5.91 Å². The number of likely N-dealkylation sites (N-methyl/N-ethyl adjacent to an activating group) is 1. The maximum atomic E-state index is 12.3. The molecule has 7 heteroatoms. The SMILES string of the molecule is CCCCCCCOC(=O)CC(CC(=O)OCCCCCC)NC(=O)C[N+](C)(C)C. The van der Waals surface area contributed by atoms with Gasteiger partial charge in [-0.1, -0.05) is 58.8 Å². The summed E-state index contributed by atoms with van der Waals surface area (Å²) in [7, 11) is 5.73. The number of rotatable bonds is 18. The van der Waals surface area contributed by atoms with E-state index in [1.54, 1.807) is 0 Å². The van der Waals surface area contributed by atoms with Crippen LogP contribution < -0.4 is 5.32 Å². The third kappa shape index (κ3) is 18.4. The van der Waals surface area contributed by atoms with Gasteiger partial charge in [0.1, 0.15) is 0 Å². The number of carbonyl (C=O) groups excluding carboxylic acids is 3. The quantitative estimate of drug-likeness (QED) is 0.205. The molecule has 0 aromatic rings. The van der Waals surface area contributed by atoms with Gasteiger partial charge in [0, 0.05) is 6.04 Å². The largest absolute Gasteiger partial charge is 0.466 e. The lowest BCUT2D eigenvalue weighted by Crippen LogP contribution is -2.48. The summed E-state index contributed by atoms with van der Waals surface area (Å²) >= 11 is 0. The summed E-state index contributed by atoms with van der Waals surface area (Å²) in [4.78, 5) is 36.7. The van der Waals surface area contributed by atoms with Crippen LogP contribution in [0.5, 0.6) is 0 Å². The van der Waals surface area contributed by atoms with Gasteiger partial charge in [-0.05, 0) is 12.8 Å². The molecule has 0 fully saturated rings. The molecule has 0 radical (unpaired) electrons. The van der Waals surface area contributed by atoms with Crippen LogP contribution in [0.15, 0.2) is 0 Å². The number of quaternary nitrogens is 1. The van der Waals surface area contributed by atoms with Crippen molar-refractivity contribution in [2.45, 2.75) is 90.5 Å². The van der Waals surface area contributed by atoms with E-state index in [0.717, 1.165) is 44.9 Å². The van der Waals surface area contributed by atoms with Crippen LogP contribution in [0.25, 0.3) is 0 Å². The standard InChI is InChI=1S/C23H44N2O5/c1-6-8-10-12-14-16-30-23(28)18-20(24-21(26)19-25(3,4)5)17-22(27)29-15-13-11-9-7-2/h20H,6-19H2,1-5H3/p+1. The molecular weight excluding hydrogens is 384 g/mol. The van der Waals surface area contributed by atoms with Crippen LogP contribution in [-0.4, -0.2) is 69.3 Å². The number of esters is 2. The maximum absolute atomic E-state index is 12.3. The van der Waals surface area contributed by atoms with Crippen molar-refractivity contribution in [3.63, 3.8) is 0 Å². The van der Waals surface area contributed by atoms with Gasteiger partial charge in [-0.3, -0.25) is 14.4 Å². The van der Waals surface area contributed by atoms with Crippen LogP contribution in [0.4, 0.5) is 0 Å². The number of amides is 1. The molecule has 30 heavy (non-hydrogen) atoms. The van der Waals surface area contributed by atoms with Crippen molar-refractivity contribution in [2.24, 2.45) is 0 Å². The number of ether oxygens (including phenoxy) is 2. The smallest absolute Gasteiger partial charge is 0.307 e. The summed E-state index contributed by atoms with van der Waals surface area (Å²) in [6.45, 7) is 5.29. The van der Waals surface area contributed by atoms with E-state index in [4.69, 9.17) is 9.47 Å². The van der Waals surface area contributed by atoms with Gasteiger partial charge >= 0.3 is 11.9 Å². The number of hydrogen-bond donors (Lipinski definition) is 1. The maximum Gasteiger partial charge on any atom is 0.307 e. The van der Waals surface area contributed by atoms with Crippen LogP contribution in [0.1, 0.15) is 84.5 Å². The third-order valence-electron chi connectivity index (χ3n) is 4.58. The molecule has 0 aliphatic carbocycles. The van der Waals surface area contributed by atoms with Gasteiger partial charge in [0.2, 0.25) is 0 Å². The Balaban J connectivity index is 4.50. The van der Waals surface area contributed by atoms with Gasteiger partial charge in [0.05, 0.1) is 47.2 Å². The minimum Gasteiger partial charge on any atom is -0.466 e. The van der Waals surface area contributed by atoms with Crippen molar-refractivity contribution in [1.82, 2.24) is 5.32 Å². The van der Waals surface area contributed by atoms with E-state index in [1.165, 1.54) is 12.8 Å². The Morgan fingerprint density at radius 2 is 1.17 bits per heavy atom. The Kier molecular flexibility index (Phi) is 16.2. The molecule has 0 aromatic heterocycles. The molecule has 0 bridgehead atoms. The van der Waals surface area contributed by atoms with Crippen molar-refractivity contribution in [3.05, 3.63) is 0 Å². The van der Waals surface area contributed by atoms with E-state index in [1.807, 2.05) is 21.1 Å². The predicted molar refractivity (Wildman–Crippen MR) is 119 cm³/mol. The first kappa shape index (κ1) is 28.4. The van der Waals surface area contributed by atoms with Crippen LogP contribution in [0, 0.1) is 0 Å². The fraction of sp³-hybridized carbons (Fsp3) is 0.870. The van der Waals surface area contributed by atoms with Crippen molar-refractivity contribution >= 4 is 17.8 Å². The highest BCUT2D eigenvalue weighted by atomic mass is 16.5. The molecule has 0 aromatic carbocycles. The normalized spacial score (nSPS) is 12.3. The minimum atomic E-state index is -0.611. The second kappa shape index (κ2) is 17.1. The van der Waals surface area contributed by atoms with Crippen molar-refractivity contribution in [1.29, 1.82) is 0 Å². The Bertz CT molecular complexity index is 488. The summed E-state index contributed by atoms with van der Waals surface area (Å²) in [5.41, 5.74) is 0. The molecule has 0 spiro atoms. The van der Waals surface area contributed by atoms with Crippen LogP contribution in [0.3, 0.4) is 0 Å². The highest BCUT2D eigenvalue weighted by Crippen LogP contribution is 2.07. The number of nitrogens with zero attached hydrogens (tertiary/aromatic N) is 1. The summed E-state index contributed by atoms with van der Waals surface area (Å²) in [5, 5.41) is 2.81. The van der Waals surface area contributed by atoms with Crippen LogP contribution in [0.2, 0.25) is 0 Å². The first-order chi connectivity index (χ1) is 14.2. The molecule has 0 aliphatic rings. The topological polar surface area (TPSA) is 81.7 Å². The molecule has 0 saturated carbocycles. The highest BCUT2D eigenvalue weighted by Gasteiger charge is 2.24. The lowest BCUT2D eigenvalue weighted by atomic mass is 10.1. The van der Waals surface area contributed by atoms with E-state index in [9.17, 15) is 14.4 Å². The summed E-state index contributed by atoms with van der Waals surface area (Å²) in [5.74, 6) is -0.984. The monoisotopic (exact) mass is 429 g/mol. The van der Waals surface area contributed by atoms with E-state index in [-0.39, 0.29) is 25.3 Å². The molecule has 0 saturated heterocycles. The fourth-order valence-corrected chi connectivity index (χ4v) is 3.01. The van der Waals surface area contributed by atoms with E-state index < -0.39 is 18.0 Å². The van der Waals surface area contributed by atoms with E-state index in [0.29, 0.717) is 17.7 Å². The molecule has 0 rings (SSSR count). The molecule has 1 amide bonds. The second-order valence-electron chi connectivity index (χ2n) is 9.04. The van der Waals surface area contributed by atoms with Gasteiger partial charge < -0.3 is 19.3 Å². The first-order valence-electron chi connectivity index (χ1n) is 11.6. The molecule has 7 nitrogen and oxygen atoms in total. The van der Waals surface area contributed by atoms with Crippen LogP contribution in [-0.2, 0) is 23.9 Å². The van der Waals surface area contributed by atoms with Crippen molar-refractivity contribution < 1.29 is 28.3 Å². The van der Waals surface area contributed by atoms with Gasteiger partial charge in [-0.2, -0.15) is 0 Å². The Morgan fingerprint density at radius 3 is 1.60 bits per heavy atom. The number of nitrogens with one attached hydrogen (secondary N) is 1. The number of unbranched alkanes of at least 4 members (excludes halogenated alkanes) is 7. The van der Waals surface area contributed by atoms with Gasteiger partial charge in [0.15, 0.2) is 6.54 Å². The Labute approximate surface area is 183 Å². The zero-order chi connectivity index (χ0) is 22.8. The fourth-order valence-electron chi connectivity index (χ4n) is 3.01. The summed E-state index contributed by atoms with van der Waals surface area (Å²) in [6.07, 6.45) is 9.42. The summed E-state index contributed by atoms with van der Waals surface area (Å²) in [6, 6.07) is -0.611. The molecule has 0 heterocycles. The lowest BCUT2D eigenvalue weighted by Gasteiger charge is -2.25. The van der Waals surface area contributed by atoms with Gasteiger partial charge in [-0.15, -0.1) is 0 Å². The zero-order valence-corrected chi connectivity index (χ0v) is 20.0. The van der Waals surface area contributed by atoms with Gasteiger partial charge in [-0.25, -0.2) is 0 Å². The Hall–Kier alpha value is -1.63. The van der Waals surface area contributed by atoms with Crippen molar-refractivity contribution in [2.75, 3.05) is 40.9 Å². The lowest BCUT2D eigenvalue weighted by molar-refractivity contribution is -0.862. The van der Waals surface area contributed by atoms with Crippen molar-refractivity contribution in [3.8, 4) is 0 Å². The van der Waals surface area contributed by atoms with E-state index >= 15 is 0 Å².